The van der Waals surface area contributed by atoms with E-state index in [1.807, 2.05) is 37.4 Å². The van der Waals surface area contributed by atoms with Crippen molar-refractivity contribution in [2.24, 2.45) is 10.4 Å². The molecule has 1 amide bonds. The minimum absolute atomic E-state index is 0. The second-order valence-electron chi connectivity index (χ2n) is 7.43. The molecule has 1 aliphatic rings. The third kappa shape index (κ3) is 7.95. The molecule has 6 nitrogen and oxygen atoms in total. The van der Waals surface area contributed by atoms with Gasteiger partial charge in [0.2, 0.25) is 5.91 Å². The van der Waals surface area contributed by atoms with E-state index in [1.54, 1.807) is 19.1 Å². The average molecular weight is 502 g/mol. The highest BCUT2D eigenvalue weighted by Gasteiger charge is 2.36. The van der Waals surface area contributed by atoms with Crippen LogP contribution in [0.4, 0.5) is 0 Å². The van der Waals surface area contributed by atoms with E-state index in [4.69, 9.17) is 4.74 Å². The Bertz CT molecular complexity index is 606. The Balaban J connectivity index is 0.00000392. The molecule has 0 spiro atoms. The second-order valence-corrected chi connectivity index (χ2v) is 7.43. The molecule has 2 N–H and O–H groups in total. The van der Waals surface area contributed by atoms with E-state index < -0.39 is 0 Å². The van der Waals surface area contributed by atoms with Gasteiger partial charge in [0, 0.05) is 53.9 Å². The number of hydrogen-bond donors (Lipinski definition) is 2. The highest BCUT2D eigenvalue weighted by Crippen LogP contribution is 2.43. The van der Waals surface area contributed by atoms with Gasteiger partial charge >= 0.3 is 0 Å². The summed E-state index contributed by atoms with van der Waals surface area (Å²) in [4.78, 5) is 18.4. The number of carbonyl (C=O) groups is 1. The summed E-state index contributed by atoms with van der Waals surface area (Å²) >= 11 is 0. The molecule has 0 unspecified atom stereocenters. The summed E-state index contributed by atoms with van der Waals surface area (Å²) in [6.07, 6.45) is 5.29. The fraction of sp³-hybridized carbons (Fsp3) is 0.619. The summed E-state index contributed by atoms with van der Waals surface area (Å²) in [6.45, 7) is 2.91. The Kier molecular flexibility index (Phi) is 11.4. The van der Waals surface area contributed by atoms with Crippen molar-refractivity contribution in [1.82, 2.24) is 15.5 Å². The van der Waals surface area contributed by atoms with Crippen LogP contribution >= 0.6 is 24.0 Å². The number of ether oxygens (including phenoxy) is 1. The number of rotatable bonds is 10. The minimum atomic E-state index is 0. The predicted octanol–water partition coefficient (Wildman–Crippen LogP) is 3.02. The van der Waals surface area contributed by atoms with E-state index >= 15 is 0 Å². The summed E-state index contributed by atoms with van der Waals surface area (Å²) in [6, 6.07) is 10.0. The lowest BCUT2D eigenvalue weighted by Gasteiger charge is -2.42. The molecular weight excluding hydrogens is 467 g/mol. The van der Waals surface area contributed by atoms with Crippen LogP contribution in [0.15, 0.2) is 35.3 Å². The molecule has 1 saturated carbocycles. The predicted molar refractivity (Wildman–Crippen MR) is 125 cm³/mol. The Hall–Kier alpha value is -1.35. The number of guanidine groups is 1. The number of amides is 1. The van der Waals surface area contributed by atoms with Crippen molar-refractivity contribution >= 4 is 35.8 Å². The smallest absolute Gasteiger partial charge is 0.224 e. The fourth-order valence-electron chi connectivity index (χ4n) is 3.43. The number of hydrogen-bond acceptors (Lipinski definition) is 3. The molecule has 0 saturated heterocycles. The summed E-state index contributed by atoms with van der Waals surface area (Å²) in [5.41, 5.74) is 1.47. The van der Waals surface area contributed by atoms with Gasteiger partial charge in [0.25, 0.3) is 0 Å². The van der Waals surface area contributed by atoms with Gasteiger partial charge in [-0.15, -0.1) is 24.0 Å². The number of aliphatic imine (C=N–C) groups is 1. The van der Waals surface area contributed by atoms with Crippen molar-refractivity contribution in [3.05, 3.63) is 35.9 Å². The number of nitrogens with zero attached hydrogens (tertiary/aromatic N) is 2. The molecule has 28 heavy (non-hydrogen) atoms. The van der Waals surface area contributed by atoms with Gasteiger partial charge in [0.15, 0.2) is 5.96 Å². The van der Waals surface area contributed by atoms with E-state index in [0.717, 1.165) is 31.1 Å². The van der Waals surface area contributed by atoms with Crippen LogP contribution in [0.3, 0.4) is 0 Å². The normalized spacial score (nSPS) is 15.2. The average Bonchev–Trinajstić information content (AvgIpc) is 2.65. The topological polar surface area (TPSA) is 66.0 Å². The zero-order valence-corrected chi connectivity index (χ0v) is 19.7. The van der Waals surface area contributed by atoms with E-state index in [9.17, 15) is 4.79 Å². The molecular formula is C21H35IN4O2. The van der Waals surface area contributed by atoms with Gasteiger partial charge in [-0.25, -0.2) is 0 Å². The van der Waals surface area contributed by atoms with Gasteiger partial charge in [0.05, 0.1) is 0 Å². The highest BCUT2D eigenvalue weighted by molar-refractivity contribution is 14.0. The second kappa shape index (κ2) is 13.0. The summed E-state index contributed by atoms with van der Waals surface area (Å²) in [5, 5.41) is 6.68. The van der Waals surface area contributed by atoms with Crippen molar-refractivity contribution in [1.29, 1.82) is 0 Å². The molecule has 7 heteroatoms. The molecule has 1 fully saturated rings. The molecule has 0 atom stereocenters. The first-order valence-electron chi connectivity index (χ1n) is 9.80. The summed E-state index contributed by atoms with van der Waals surface area (Å²) < 4.78 is 5.25. The molecule has 0 bridgehead atoms. The number of carbonyl (C=O) groups excluding carboxylic acids is 1. The Labute approximate surface area is 186 Å². The van der Waals surface area contributed by atoms with Crippen molar-refractivity contribution in [3.8, 4) is 0 Å². The molecule has 1 aliphatic carbocycles. The summed E-state index contributed by atoms with van der Waals surface area (Å²) in [7, 11) is 5.37. The van der Waals surface area contributed by atoms with Gasteiger partial charge in [-0.1, -0.05) is 36.8 Å². The van der Waals surface area contributed by atoms with Crippen LogP contribution in [0.5, 0.6) is 0 Å². The number of methoxy groups -OCH3 is 1. The number of halogens is 1. The summed E-state index contributed by atoms with van der Waals surface area (Å²) in [5.74, 6) is 0.884. The molecule has 0 aromatic heterocycles. The minimum Gasteiger partial charge on any atom is -0.385 e. The van der Waals surface area contributed by atoms with Gasteiger partial charge in [-0.05, 0) is 30.2 Å². The first-order valence-corrected chi connectivity index (χ1v) is 9.80. The zero-order chi connectivity index (χ0) is 19.5. The van der Waals surface area contributed by atoms with E-state index in [-0.39, 0.29) is 29.9 Å². The van der Waals surface area contributed by atoms with Gasteiger partial charge < -0.3 is 20.3 Å². The van der Waals surface area contributed by atoms with Crippen molar-refractivity contribution in [2.75, 3.05) is 40.9 Å². The Morgan fingerprint density at radius 3 is 2.54 bits per heavy atom. The highest BCUT2D eigenvalue weighted by atomic mass is 127. The quantitative estimate of drug-likeness (QED) is 0.293. The lowest BCUT2D eigenvalue weighted by Crippen LogP contribution is -2.47. The maximum atomic E-state index is 12.3. The van der Waals surface area contributed by atoms with Crippen molar-refractivity contribution in [3.63, 3.8) is 0 Å². The Morgan fingerprint density at radius 2 is 1.96 bits per heavy atom. The van der Waals surface area contributed by atoms with Crippen LogP contribution < -0.4 is 10.6 Å². The SMILES string of the molecule is CN=C(NCCC(=O)N(C)Cc1ccccc1)NCC1(CCOC)CCC1.I. The van der Waals surface area contributed by atoms with Crippen LogP contribution in [0.2, 0.25) is 0 Å². The number of nitrogens with one attached hydrogen (secondary N) is 2. The fourth-order valence-corrected chi connectivity index (χ4v) is 3.43. The van der Waals surface area contributed by atoms with Gasteiger partial charge in [-0.3, -0.25) is 9.79 Å². The molecule has 1 aromatic carbocycles. The van der Waals surface area contributed by atoms with E-state index in [1.165, 1.54) is 19.3 Å². The standard InChI is InChI=1S/C21H34N4O2.HI/c1-22-20(24-17-21(11-7-12-21)13-15-27-3)23-14-10-19(26)25(2)16-18-8-5-4-6-9-18;/h4-6,8-9H,7,10-17H2,1-3H3,(H2,22,23,24);1H. The first-order chi connectivity index (χ1) is 13.1. The largest absolute Gasteiger partial charge is 0.385 e. The van der Waals surface area contributed by atoms with Crippen LogP contribution in [-0.2, 0) is 16.1 Å². The lowest BCUT2D eigenvalue weighted by molar-refractivity contribution is -0.130. The lowest BCUT2D eigenvalue weighted by atomic mass is 9.67. The zero-order valence-electron chi connectivity index (χ0n) is 17.4. The van der Waals surface area contributed by atoms with Crippen LogP contribution in [0.25, 0.3) is 0 Å². The van der Waals surface area contributed by atoms with E-state index in [0.29, 0.717) is 24.9 Å². The van der Waals surface area contributed by atoms with Crippen LogP contribution in [0.1, 0.15) is 37.7 Å². The van der Waals surface area contributed by atoms with Crippen LogP contribution in [0, 0.1) is 5.41 Å². The van der Waals surface area contributed by atoms with Gasteiger partial charge in [0.1, 0.15) is 0 Å². The van der Waals surface area contributed by atoms with Gasteiger partial charge in [-0.2, -0.15) is 0 Å². The molecule has 0 heterocycles. The van der Waals surface area contributed by atoms with Crippen molar-refractivity contribution in [2.45, 2.75) is 38.6 Å². The Morgan fingerprint density at radius 1 is 1.25 bits per heavy atom. The molecule has 158 valence electrons. The third-order valence-corrected chi connectivity index (χ3v) is 5.42. The molecule has 0 aliphatic heterocycles. The third-order valence-electron chi connectivity index (χ3n) is 5.42. The monoisotopic (exact) mass is 502 g/mol. The molecule has 2 rings (SSSR count). The maximum absolute atomic E-state index is 12.3. The number of benzene rings is 1. The first kappa shape index (κ1) is 24.7. The van der Waals surface area contributed by atoms with Crippen LogP contribution in [-0.4, -0.2) is 57.7 Å². The molecule has 0 radical (unpaired) electrons. The maximum Gasteiger partial charge on any atom is 0.224 e. The van der Waals surface area contributed by atoms with E-state index in [2.05, 4.69) is 15.6 Å². The van der Waals surface area contributed by atoms with Crippen molar-refractivity contribution < 1.29 is 9.53 Å². The molecule has 1 aromatic rings.